The molecule has 0 radical (unpaired) electrons. The van der Waals surface area contributed by atoms with Crippen LogP contribution in [0.25, 0.3) is 27.8 Å². The first-order valence-electron chi connectivity index (χ1n) is 10.3. The number of halogens is 3. The van der Waals surface area contributed by atoms with Crippen molar-refractivity contribution in [3.8, 4) is 16.8 Å². The number of aromatic nitrogens is 3. The summed E-state index contributed by atoms with van der Waals surface area (Å²) < 4.78 is 30.2. The molecule has 0 saturated heterocycles. The van der Waals surface area contributed by atoms with E-state index in [1.807, 2.05) is 0 Å². The number of hydrogen-bond donors (Lipinski definition) is 1. The summed E-state index contributed by atoms with van der Waals surface area (Å²) in [6.45, 7) is 0. The second-order valence-electron chi connectivity index (χ2n) is 8.00. The van der Waals surface area contributed by atoms with E-state index in [2.05, 4.69) is 10.1 Å². The Hall–Kier alpha value is -3.32. The molecule has 1 saturated carbocycles. The van der Waals surface area contributed by atoms with Gasteiger partial charge in [-0.3, -0.25) is 0 Å². The lowest BCUT2D eigenvalue weighted by atomic mass is 9.89. The number of carboxylic acid groups (broad SMARTS) is 1. The molecule has 2 heterocycles. The number of carbonyl (C=O) groups is 1. The molecule has 0 amide bonds. The third-order valence-electron chi connectivity index (χ3n) is 5.97. The van der Waals surface area contributed by atoms with E-state index in [0.717, 1.165) is 31.9 Å². The van der Waals surface area contributed by atoms with E-state index in [1.54, 1.807) is 24.4 Å². The van der Waals surface area contributed by atoms with E-state index < -0.39 is 17.6 Å². The quantitative estimate of drug-likeness (QED) is 0.389. The molecule has 0 atom stereocenters. The lowest BCUT2D eigenvalue weighted by Crippen LogP contribution is -2.06. The van der Waals surface area contributed by atoms with Gasteiger partial charge in [0.15, 0.2) is 5.82 Å². The van der Waals surface area contributed by atoms with Gasteiger partial charge in [-0.15, -0.1) is 0 Å². The van der Waals surface area contributed by atoms with Gasteiger partial charge in [-0.1, -0.05) is 30.5 Å². The van der Waals surface area contributed by atoms with E-state index in [0.29, 0.717) is 27.8 Å². The number of benzene rings is 2. The summed E-state index contributed by atoms with van der Waals surface area (Å²) in [6, 6.07) is 8.89. The standard InChI is InChI=1S/C24H18ClF2N3O2/c25-15-8-16(26)10-17(9-15)30-12-21-23(29-30)22(20(27)11-28-21)14-5-6-18(24(31)32)19(7-14)13-3-1-2-4-13/h5-13H,1-4H2,(H,31,32). The molecule has 2 aromatic carbocycles. The Balaban J connectivity index is 1.68. The number of rotatable bonds is 4. The first kappa shape index (κ1) is 20.6. The van der Waals surface area contributed by atoms with Gasteiger partial charge in [-0.2, -0.15) is 5.10 Å². The van der Waals surface area contributed by atoms with Gasteiger partial charge in [0.1, 0.15) is 16.9 Å². The van der Waals surface area contributed by atoms with Gasteiger partial charge in [0, 0.05) is 10.6 Å². The SMILES string of the molecule is O=C(O)c1ccc(-c2c(F)cnc3cn(-c4cc(F)cc(Cl)c4)nc23)cc1C1CCCC1. The molecule has 8 heteroatoms. The summed E-state index contributed by atoms with van der Waals surface area (Å²) in [5, 5.41) is 14.3. The van der Waals surface area contributed by atoms with Crippen LogP contribution < -0.4 is 0 Å². The summed E-state index contributed by atoms with van der Waals surface area (Å²) in [4.78, 5) is 15.9. The number of pyridine rings is 1. The van der Waals surface area contributed by atoms with Crippen molar-refractivity contribution in [3.05, 3.63) is 76.6 Å². The second kappa shape index (κ2) is 7.98. The molecule has 4 aromatic rings. The fourth-order valence-corrected chi connectivity index (χ4v) is 4.72. The smallest absolute Gasteiger partial charge is 0.335 e. The number of carboxylic acids is 1. The van der Waals surface area contributed by atoms with Crippen LogP contribution >= 0.6 is 11.6 Å². The van der Waals surface area contributed by atoms with Crippen molar-refractivity contribution in [2.24, 2.45) is 0 Å². The normalized spacial score (nSPS) is 14.3. The molecule has 0 unspecified atom stereocenters. The summed E-state index contributed by atoms with van der Waals surface area (Å²) in [5.41, 5.74) is 2.82. The summed E-state index contributed by atoms with van der Waals surface area (Å²) in [5.74, 6) is -1.95. The second-order valence-corrected chi connectivity index (χ2v) is 8.44. The third-order valence-corrected chi connectivity index (χ3v) is 6.18. The minimum absolute atomic E-state index is 0.133. The van der Waals surface area contributed by atoms with Crippen LogP contribution in [-0.2, 0) is 0 Å². The Bertz CT molecular complexity index is 1340. The van der Waals surface area contributed by atoms with E-state index >= 15 is 4.39 Å². The molecule has 5 nitrogen and oxygen atoms in total. The lowest BCUT2D eigenvalue weighted by molar-refractivity contribution is 0.0695. The number of fused-ring (bicyclic) bond motifs is 1. The minimum Gasteiger partial charge on any atom is -0.478 e. The average molecular weight is 454 g/mol. The van der Waals surface area contributed by atoms with Crippen LogP contribution in [0.2, 0.25) is 5.02 Å². The zero-order chi connectivity index (χ0) is 22.4. The van der Waals surface area contributed by atoms with E-state index in [4.69, 9.17) is 11.6 Å². The maximum atomic E-state index is 15.0. The topological polar surface area (TPSA) is 68.0 Å². The fraction of sp³-hybridized carbons (Fsp3) is 0.208. The van der Waals surface area contributed by atoms with Crippen LogP contribution in [0.3, 0.4) is 0 Å². The van der Waals surface area contributed by atoms with Crippen LogP contribution in [0.15, 0.2) is 48.8 Å². The first-order valence-corrected chi connectivity index (χ1v) is 10.7. The highest BCUT2D eigenvalue weighted by Crippen LogP contribution is 2.39. The Morgan fingerprint density at radius 3 is 2.62 bits per heavy atom. The van der Waals surface area contributed by atoms with Gasteiger partial charge in [0.25, 0.3) is 0 Å². The zero-order valence-electron chi connectivity index (χ0n) is 16.9. The molecule has 1 aliphatic carbocycles. The van der Waals surface area contributed by atoms with Gasteiger partial charge < -0.3 is 5.11 Å². The third kappa shape index (κ3) is 3.62. The molecule has 0 aliphatic heterocycles. The molecule has 0 bridgehead atoms. The van der Waals surface area contributed by atoms with Crippen molar-refractivity contribution in [2.75, 3.05) is 0 Å². The van der Waals surface area contributed by atoms with E-state index in [9.17, 15) is 14.3 Å². The molecule has 162 valence electrons. The van der Waals surface area contributed by atoms with Crippen molar-refractivity contribution < 1.29 is 18.7 Å². The van der Waals surface area contributed by atoms with Gasteiger partial charge >= 0.3 is 5.97 Å². The Labute approximate surface area is 187 Å². The van der Waals surface area contributed by atoms with Crippen molar-refractivity contribution in [1.29, 1.82) is 0 Å². The molecule has 5 rings (SSSR count). The van der Waals surface area contributed by atoms with Gasteiger partial charge in [-0.25, -0.2) is 23.2 Å². The highest BCUT2D eigenvalue weighted by molar-refractivity contribution is 6.30. The van der Waals surface area contributed by atoms with Crippen LogP contribution in [0, 0.1) is 11.6 Å². The van der Waals surface area contributed by atoms with Crippen LogP contribution in [0.1, 0.15) is 47.5 Å². The van der Waals surface area contributed by atoms with Crippen LogP contribution in [0.4, 0.5) is 8.78 Å². The van der Waals surface area contributed by atoms with Gasteiger partial charge in [0.2, 0.25) is 0 Å². The largest absolute Gasteiger partial charge is 0.478 e. The molecule has 1 aliphatic rings. The average Bonchev–Trinajstić information content (AvgIpc) is 3.42. The fourth-order valence-electron chi connectivity index (χ4n) is 4.51. The molecule has 1 fully saturated rings. The summed E-state index contributed by atoms with van der Waals surface area (Å²) in [7, 11) is 0. The van der Waals surface area contributed by atoms with Gasteiger partial charge in [0.05, 0.1) is 23.6 Å². The summed E-state index contributed by atoms with van der Waals surface area (Å²) in [6.07, 6.45) is 6.60. The van der Waals surface area contributed by atoms with Crippen LogP contribution in [-0.4, -0.2) is 25.8 Å². The minimum atomic E-state index is -0.994. The van der Waals surface area contributed by atoms with Gasteiger partial charge in [-0.05, 0) is 60.2 Å². The molecule has 1 N–H and O–H groups in total. The predicted molar refractivity (Wildman–Crippen MR) is 117 cm³/mol. The Morgan fingerprint density at radius 2 is 1.91 bits per heavy atom. The maximum Gasteiger partial charge on any atom is 0.335 e. The van der Waals surface area contributed by atoms with Crippen LogP contribution in [0.5, 0.6) is 0 Å². The molecule has 2 aromatic heterocycles. The number of aromatic carboxylic acids is 1. The summed E-state index contributed by atoms with van der Waals surface area (Å²) >= 11 is 5.97. The Kier molecular flexibility index (Phi) is 5.13. The zero-order valence-corrected chi connectivity index (χ0v) is 17.6. The van der Waals surface area contributed by atoms with E-state index in [-0.39, 0.29) is 22.1 Å². The lowest BCUT2D eigenvalue weighted by Gasteiger charge is -2.15. The molecule has 32 heavy (non-hydrogen) atoms. The highest BCUT2D eigenvalue weighted by atomic mass is 35.5. The predicted octanol–water partition coefficient (Wildman–Crippen LogP) is 6.37. The van der Waals surface area contributed by atoms with Crippen molar-refractivity contribution in [1.82, 2.24) is 14.8 Å². The first-order chi connectivity index (χ1) is 15.4. The monoisotopic (exact) mass is 453 g/mol. The maximum absolute atomic E-state index is 15.0. The van der Waals surface area contributed by atoms with Crippen molar-refractivity contribution >= 4 is 28.6 Å². The van der Waals surface area contributed by atoms with Crippen molar-refractivity contribution in [3.63, 3.8) is 0 Å². The molecule has 0 spiro atoms. The van der Waals surface area contributed by atoms with Crippen molar-refractivity contribution in [2.45, 2.75) is 31.6 Å². The highest BCUT2D eigenvalue weighted by Gasteiger charge is 2.24. The molecular weight excluding hydrogens is 436 g/mol. The Morgan fingerprint density at radius 1 is 1.12 bits per heavy atom. The molecular formula is C24H18ClF2N3O2. The number of hydrogen-bond acceptors (Lipinski definition) is 3. The van der Waals surface area contributed by atoms with E-state index in [1.165, 1.54) is 22.9 Å². The number of nitrogens with zero attached hydrogens (tertiary/aromatic N) is 3.